The molecule has 0 aliphatic carbocycles. The number of halogens is 2. The van der Waals surface area contributed by atoms with Crippen molar-refractivity contribution in [1.82, 2.24) is 5.32 Å². The molecule has 0 fully saturated rings. The van der Waals surface area contributed by atoms with E-state index in [1.165, 1.54) is 0 Å². The van der Waals surface area contributed by atoms with Crippen LogP contribution in [0, 0.1) is 17.0 Å². The van der Waals surface area contributed by atoms with Crippen LogP contribution in [0.1, 0.15) is 6.92 Å². The quantitative estimate of drug-likeness (QED) is 0.626. The molecule has 1 aromatic carbocycles. The number of amides is 1. The zero-order chi connectivity index (χ0) is 16.3. The van der Waals surface area contributed by atoms with Crippen molar-refractivity contribution in [3.63, 3.8) is 0 Å². The molecule has 8 heteroatoms. The molecule has 2 rings (SSSR count). The van der Waals surface area contributed by atoms with Crippen molar-refractivity contribution in [2.24, 2.45) is 5.73 Å². The number of carbonyl (C=O) groups excluding carboxylic acids is 1. The lowest BCUT2D eigenvalue weighted by molar-refractivity contribution is -0.117. The second kappa shape index (κ2) is 6.52. The monoisotopic (exact) mass is 310 g/mol. The van der Waals surface area contributed by atoms with Gasteiger partial charge in [-0.2, -0.15) is 0 Å². The summed E-state index contributed by atoms with van der Waals surface area (Å²) in [6.07, 6.45) is 0.536. The van der Waals surface area contributed by atoms with E-state index in [1.807, 2.05) is 0 Å². The molecule has 0 aromatic heterocycles. The lowest BCUT2D eigenvalue weighted by Gasteiger charge is -2.32. The van der Waals surface area contributed by atoms with Crippen LogP contribution in [0.3, 0.4) is 0 Å². The van der Waals surface area contributed by atoms with Crippen LogP contribution in [-0.4, -0.2) is 30.8 Å². The summed E-state index contributed by atoms with van der Waals surface area (Å²) < 4.78 is 31.7. The number of anilines is 1. The van der Waals surface area contributed by atoms with E-state index in [1.54, 1.807) is 6.92 Å². The third kappa shape index (κ3) is 3.40. The molecule has 1 amide bonds. The van der Waals surface area contributed by atoms with E-state index in [0.29, 0.717) is 6.07 Å². The fourth-order valence-corrected chi connectivity index (χ4v) is 2.06. The molecule has 1 aliphatic heterocycles. The Kier molecular flexibility index (Phi) is 4.71. The second-order valence-electron chi connectivity index (χ2n) is 4.81. The molecule has 2 atom stereocenters. The van der Waals surface area contributed by atoms with Gasteiger partial charge in [-0.25, -0.2) is 8.78 Å². The fourth-order valence-electron chi connectivity index (χ4n) is 2.06. The number of hydrogen-bond acceptors (Lipinski definition) is 5. The third-order valence-corrected chi connectivity index (χ3v) is 3.18. The zero-order valence-electron chi connectivity index (χ0n) is 11.8. The first-order valence-electron chi connectivity index (χ1n) is 6.60. The predicted molar refractivity (Wildman–Crippen MR) is 77.3 cm³/mol. The highest BCUT2D eigenvalue weighted by molar-refractivity contribution is 6.05. The van der Waals surface area contributed by atoms with Crippen molar-refractivity contribution in [1.29, 1.82) is 5.41 Å². The summed E-state index contributed by atoms with van der Waals surface area (Å²) in [5.74, 6) is -2.46. The van der Waals surface area contributed by atoms with Gasteiger partial charge in [0.05, 0.1) is 6.04 Å². The van der Waals surface area contributed by atoms with E-state index >= 15 is 0 Å². The Labute approximate surface area is 125 Å². The minimum atomic E-state index is -0.809. The molecule has 0 radical (unpaired) electrons. The van der Waals surface area contributed by atoms with Crippen molar-refractivity contribution in [3.8, 4) is 0 Å². The summed E-state index contributed by atoms with van der Waals surface area (Å²) in [5, 5.41) is 12.6. The molecule has 0 bridgehead atoms. The summed E-state index contributed by atoms with van der Waals surface area (Å²) in [5.41, 5.74) is 5.68. The Morgan fingerprint density at radius 1 is 1.45 bits per heavy atom. The molecular formula is C14H16F2N4O2. The predicted octanol–water partition coefficient (Wildman–Crippen LogP) is 1.10. The van der Waals surface area contributed by atoms with E-state index in [9.17, 15) is 13.6 Å². The molecule has 0 saturated carbocycles. The molecule has 1 heterocycles. The highest BCUT2D eigenvalue weighted by Crippen LogP contribution is 2.19. The van der Waals surface area contributed by atoms with Gasteiger partial charge in [0.2, 0.25) is 5.76 Å². The molecule has 118 valence electrons. The SMILES string of the molecule is CC1OC(C(=O)Nc2cc(F)cc(F)c2)=C(C=N)NC1CN. The molecule has 6 nitrogen and oxygen atoms in total. The van der Waals surface area contributed by atoms with Gasteiger partial charge in [-0.15, -0.1) is 0 Å². The van der Waals surface area contributed by atoms with Crippen LogP contribution >= 0.6 is 0 Å². The van der Waals surface area contributed by atoms with Crippen LogP contribution in [0.5, 0.6) is 0 Å². The molecule has 0 spiro atoms. The van der Waals surface area contributed by atoms with Crippen LogP contribution in [0.15, 0.2) is 29.7 Å². The number of hydrogen-bond donors (Lipinski definition) is 4. The summed E-state index contributed by atoms with van der Waals surface area (Å²) >= 11 is 0. The maximum Gasteiger partial charge on any atom is 0.293 e. The van der Waals surface area contributed by atoms with Gasteiger partial charge in [0.1, 0.15) is 23.4 Å². The van der Waals surface area contributed by atoms with Gasteiger partial charge in [-0.1, -0.05) is 0 Å². The number of ether oxygens (including phenoxy) is 1. The molecule has 5 N–H and O–H groups in total. The van der Waals surface area contributed by atoms with E-state index in [-0.39, 0.29) is 29.7 Å². The van der Waals surface area contributed by atoms with Crippen molar-refractivity contribution >= 4 is 17.8 Å². The van der Waals surface area contributed by atoms with E-state index in [0.717, 1.165) is 18.3 Å². The molecular weight excluding hydrogens is 294 g/mol. The fraction of sp³-hybridized carbons (Fsp3) is 0.286. The first kappa shape index (κ1) is 15.9. The number of allylic oxidation sites excluding steroid dienone is 1. The Morgan fingerprint density at radius 2 is 2.09 bits per heavy atom. The second-order valence-corrected chi connectivity index (χ2v) is 4.81. The minimum Gasteiger partial charge on any atom is -0.481 e. The summed E-state index contributed by atoms with van der Waals surface area (Å²) in [4.78, 5) is 12.2. The maximum atomic E-state index is 13.1. The van der Waals surface area contributed by atoms with E-state index in [4.69, 9.17) is 15.9 Å². The molecule has 0 saturated heterocycles. The topological polar surface area (TPSA) is 100 Å². The number of benzene rings is 1. The van der Waals surface area contributed by atoms with Crippen molar-refractivity contribution in [2.75, 3.05) is 11.9 Å². The third-order valence-electron chi connectivity index (χ3n) is 3.18. The summed E-state index contributed by atoms with van der Waals surface area (Å²) in [6, 6.07) is 2.42. The lowest BCUT2D eigenvalue weighted by Crippen LogP contribution is -2.50. The van der Waals surface area contributed by atoms with Crippen molar-refractivity contribution in [3.05, 3.63) is 41.3 Å². The van der Waals surface area contributed by atoms with Crippen LogP contribution in [-0.2, 0) is 9.53 Å². The van der Waals surface area contributed by atoms with Gasteiger partial charge in [-0.05, 0) is 19.1 Å². The highest BCUT2D eigenvalue weighted by Gasteiger charge is 2.30. The first-order valence-corrected chi connectivity index (χ1v) is 6.60. The standard InChI is InChI=1S/C14H16F2N4O2/c1-7-11(5-17)20-12(6-18)13(22-7)14(21)19-10-3-8(15)2-9(16)4-10/h2-4,6-7,11,18,20H,5,17H2,1H3,(H,19,21). The van der Waals surface area contributed by atoms with Gasteiger partial charge >= 0.3 is 0 Å². The van der Waals surface area contributed by atoms with Gasteiger partial charge in [0.25, 0.3) is 5.91 Å². The Hall–Kier alpha value is -2.48. The normalized spacial score (nSPS) is 20.9. The van der Waals surface area contributed by atoms with Gasteiger partial charge < -0.3 is 26.5 Å². The Balaban J connectivity index is 2.23. The van der Waals surface area contributed by atoms with E-state index in [2.05, 4.69) is 10.6 Å². The largest absolute Gasteiger partial charge is 0.481 e. The maximum absolute atomic E-state index is 13.1. The lowest BCUT2D eigenvalue weighted by atomic mass is 10.1. The smallest absolute Gasteiger partial charge is 0.293 e. The van der Waals surface area contributed by atoms with Gasteiger partial charge in [0, 0.05) is 24.5 Å². The number of nitrogens with two attached hydrogens (primary N) is 1. The van der Waals surface area contributed by atoms with Gasteiger partial charge in [-0.3, -0.25) is 4.79 Å². The first-order chi connectivity index (χ1) is 10.4. The summed E-state index contributed by atoms with van der Waals surface area (Å²) in [6.45, 7) is 1.99. The van der Waals surface area contributed by atoms with E-state index < -0.39 is 23.6 Å². The molecule has 1 aliphatic rings. The van der Waals surface area contributed by atoms with Crippen molar-refractivity contribution in [2.45, 2.75) is 19.1 Å². The summed E-state index contributed by atoms with van der Waals surface area (Å²) in [7, 11) is 0. The van der Waals surface area contributed by atoms with Crippen molar-refractivity contribution < 1.29 is 18.3 Å². The zero-order valence-corrected chi connectivity index (χ0v) is 11.8. The Bertz CT molecular complexity index is 613. The van der Waals surface area contributed by atoms with Crippen LogP contribution in [0.4, 0.5) is 14.5 Å². The molecule has 2 unspecified atom stereocenters. The molecule has 1 aromatic rings. The number of nitrogens with one attached hydrogen (secondary N) is 3. The Morgan fingerprint density at radius 3 is 2.64 bits per heavy atom. The number of rotatable bonds is 4. The average molecular weight is 310 g/mol. The van der Waals surface area contributed by atoms with Crippen LogP contribution in [0.25, 0.3) is 0 Å². The highest BCUT2D eigenvalue weighted by atomic mass is 19.1. The van der Waals surface area contributed by atoms with Crippen LogP contribution in [0.2, 0.25) is 0 Å². The average Bonchev–Trinajstić information content (AvgIpc) is 2.45. The minimum absolute atomic E-state index is 0.0449. The van der Waals surface area contributed by atoms with Gasteiger partial charge in [0.15, 0.2) is 0 Å². The molecule has 22 heavy (non-hydrogen) atoms. The van der Waals surface area contributed by atoms with Crippen LogP contribution < -0.4 is 16.4 Å². The number of carbonyl (C=O) groups is 1.